The largest absolute Gasteiger partial charge is 0.397 e. The number of ether oxygens (including phenoxy) is 1. The first-order valence-corrected chi connectivity index (χ1v) is 6.16. The van der Waals surface area contributed by atoms with Gasteiger partial charge in [-0.1, -0.05) is 0 Å². The van der Waals surface area contributed by atoms with Gasteiger partial charge in [-0.05, 0) is 37.3 Å². The molecule has 1 aromatic rings. The van der Waals surface area contributed by atoms with Gasteiger partial charge in [0, 0.05) is 20.2 Å². The van der Waals surface area contributed by atoms with Crippen LogP contribution in [0.25, 0.3) is 0 Å². The molecule has 1 aliphatic heterocycles. The monoisotopic (exact) mass is 235 g/mol. The summed E-state index contributed by atoms with van der Waals surface area (Å²) in [4.78, 5) is 6.75. The van der Waals surface area contributed by atoms with Crippen molar-refractivity contribution in [2.75, 3.05) is 37.4 Å². The van der Waals surface area contributed by atoms with Gasteiger partial charge in [0.2, 0.25) is 0 Å². The van der Waals surface area contributed by atoms with Gasteiger partial charge in [0.1, 0.15) is 5.82 Å². The highest BCUT2D eigenvalue weighted by Crippen LogP contribution is 2.23. The number of methoxy groups -OCH3 is 1. The average Bonchev–Trinajstić information content (AvgIpc) is 2.33. The molecule has 0 aromatic carbocycles. The molecule has 1 aliphatic rings. The van der Waals surface area contributed by atoms with Crippen molar-refractivity contribution in [3.05, 3.63) is 17.8 Å². The van der Waals surface area contributed by atoms with E-state index in [0.717, 1.165) is 36.8 Å². The van der Waals surface area contributed by atoms with Crippen molar-refractivity contribution in [3.63, 3.8) is 0 Å². The van der Waals surface area contributed by atoms with Crippen LogP contribution >= 0.6 is 0 Å². The minimum atomic E-state index is 0.619. The van der Waals surface area contributed by atoms with E-state index in [1.165, 1.54) is 12.8 Å². The van der Waals surface area contributed by atoms with Gasteiger partial charge < -0.3 is 15.4 Å². The fourth-order valence-corrected chi connectivity index (χ4v) is 2.37. The molecule has 1 atom stereocenters. The topological polar surface area (TPSA) is 51.4 Å². The van der Waals surface area contributed by atoms with Gasteiger partial charge in [0.15, 0.2) is 0 Å². The van der Waals surface area contributed by atoms with Crippen molar-refractivity contribution >= 4 is 11.5 Å². The lowest BCUT2D eigenvalue weighted by atomic mass is 9.99. The first-order valence-electron chi connectivity index (χ1n) is 6.16. The molecule has 2 heterocycles. The number of nitrogens with zero attached hydrogens (tertiary/aromatic N) is 2. The van der Waals surface area contributed by atoms with Crippen molar-refractivity contribution < 1.29 is 4.74 Å². The highest BCUT2D eigenvalue weighted by Gasteiger charge is 2.20. The maximum atomic E-state index is 5.79. The maximum absolute atomic E-state index is 5.79. The van der Waals surface area contributed by atoms with Crippen LogP contribution in [0.1, 0.15) is 18.4 Å². The molecule has 1 saturated heterocycles. The summed E-state index contributed by atoms with van der Waals surface area (Å²) in [5, 5.41) is 0. The number of pyridine rings is 1. The fourth-order valence-electron chi connectivity index (χ4n) is 2.37. The molecule has 2 N–H and O–H groups in total. The second-order valence-corrected chi connectivity index (χ2v) is 4.81. The summed E-state index contributed by atoms with van der Waals surface area (Å²) in [5.41, 5.74) is 7.66. The van der Waals surface area contributed by atoms with Crippen molar-refractivity contribution in [2.24, 2.45) is 5.92 Å². The number of rotatable bonds is 3. The Kier molecular flexibility index (Phi) is 3.84. The molecule has 94 valence electrons. The molecule has 1 unspecified atom stereocenters. The minimum Gasteiger partial charge on any atom is -0.397 e. The third-order valence-corrected chi connectivity index (χ3v) is 3.38. The van der Waals surface area contributed by atoms with E-state index in [0.29, 0.717) is 5.92 Å². The maximum Gasteiger partial charge on any atom is 0.128 e. The standard InChI is InChI=1S/C13H21N3O/c1-10-6-13(15-7-12(10)14)16-5-3-4-11(8-16)9-17-2/h6-7,11H,3-5,8-9,14H2,1-2H3. The Hall–Kier alpha value is -1.29. The van der Waals surface area contributed by atoms with E-state index in [2.05, 4.69) is 16.0 Å². The van der Waals surface area contributed by atoms with Gasteiger partial charge in [0.25, 0.3) is 0 Å². The minimum absolute atomic E-state index is 0.619. The van der Waals surface area contributed by atoms with Crippen LogP contribution in [0.15, 0.2) is 12.3 Å². The molecule has 1 aromatic heterocycles. The molecule has 0 spiro atoms. The van der Waals surface area contributed by atoms with Gasteiger partial charge in [-0.25, -0.2) is 4.98 Å². The average molecular weight is 235 g/mol. The van der Waals surface area contributed by atoms with Crippen LogP contribution in [0, 0.1) is 12.8 Å². The van der Waals surface area contributed by atoms with Crippen LogP contribution in [-0.4, -0.2) is 31.8 Å². The molecule has 0 radical (unpaired) electrons. The van der Waals surface area contributed by atoms with E-state index < -0.39 is 0 Å². The summed E-state index contributed by atoms with van der Waals surface area (Å²) in [5.74, 6) is 1.66. The quantitative estimate of drug-likeness (QED) is 0.868. The predicted octanol–water partition coefficient (Wildman–Crippen LogP) is 1.84. The van der Waals surface area contributed by atoms with Crippen LogP contribution < -0.4 is 10.6 Å². The highest BCUT2D eigenvalue weighted by molar-refractivity contribution is 5.52. The first kappa shape index (κ1) is 12.2. The Morgan fingerprint density at radius 1 is 1.59 bits per heavy atom. The van der Waals surface area contributed by atoms with Crippen molar-refractivity contribution in [1.82, 2.24) is 4.98 Å². The van der Waals surface area contributed by atoms with E-state index in [1.807, 2.05) is 6.92 Å². The Balaban J connectivity index is 2.08. The molecule has 4 nitrogen and oxygen atoms in total. The van der Waals surface area contributed by atoms with E-state index in [1.54, 1.807) is 13.3 Å². The van der Waals surface area contributed by atoms with Crippen LogP contribution in [0.5, 0.6) is 0 Å². The Morgan fingerprint density at radius 2 is 2.41 bits per heavy atom. The third-order valence-electron chi connectivity index (χ3n) is 3.38. The van der Waals surface area contributed by atoms with Crippen LogP contribution in [-0.2, 0) is 4.74 Å². The zero-order valence-corrected chi connectivity index (χ0v) is 10.6. The van der Waals surface area contributed by atoms with Crippen LogP contribution in [0.2, 0.25) is 0 Å². The third kappa shape index (κ3) is 2.88. The van der Waals surface area contributed by atoms with E-state index in [9.17, 15) is 0 Å². The molecule has 17 heavy (non-hydrogen) atoms. The normalized spacial score (nSPS) is 20.6. The zero-order chi connectivity index (χ0) is 12.3. The number of aromatic nitrogens is 1. The summed E-state index contributed by atoms with van der Waals surface area (Å²) in [6.45, 7) is 4.97. The first-order chi connectivity index (χ1) is 8.20. The highest BCUT2D eigenvalue weighted by atomic mass is 16.5. The summed E-state index contributed by atoms with van der Waals surface area (Å²) in [6.07, 6.45) is 4.21. The Morgan fingerprint density at radius 3 is 3.12 bits per heavy atom. The van der Waals surface area contributed by atoms with E-state index >= 15 is 0 Å². The molecular weight excluding hydrogens is 214 g/mol. The number of hydrogen-bond acceptors (Lipinski definition) is 4. The second-order valence-electron chi connectivity index (χ2n) is 4.81. The number of nitrogen functional groups attached to an aromatic ring is 1. The summed E-state index contributed by atoms with van der Waals surface area (Å²) >= 11 is 0. The van der Waals surface area contributed by atoms with E-state index in [-0.39, 0.29) is 0 Å². The smallest absolute Gasteiger partial charge is 0.128 e. The lowest BCUT2D eigenvalue weighted by molar-refractivity contribution is 0.143. The van der Waals surface area contributed by atoms with Crippen LogP contribution in [0.4, 0.5) is 11.5 Å². The molecule has 1 fully saturated rings. The molecule has 0 aliphatic carbocycles. The lowest BCUT2D eigenvalue weighted by Crippen LogP contribution is -2.37. The zero-order valence-electron chi connectivity index (χ0n) is 10.6. The van der Waals surface area contributed by atoms with Crippen molar-refractivity contribution in [1.29, 1.82) is 0 Å². The molecular formula is C13H21N3O. The number of hydrogen-bond donors (Lipinski definition) is 1. The van der Waals surface area contributed by atoms with Crippen molar-refractivity contribution in [2.45, 2.75) is 19.8 Å². The SMILES string of the molecule is COCC1CCCN(c2cc(C)c(N)cn2)C1. The Labute approximate surface area is 103 Å². The number of aryl methyl sites for hydroxylation is 1. The number of piperidine rings is 1. The summed E-state index contributed by atoms with van der Waals surface area (Å²) in [6, 6.07) is 2.07. The van der Waals surface area contributed by atoms with Gasteiger partial charge in [0.05, 0.1) is 18.5 Å². The molecule has 0 saturated carbocycles. The van der Waals surface area contributed by atoms with Crippen LogP contribution in [0.3, 0.4) is 0 Å². The molecule has 0 amide bonds. The molecule has 4 heteroatoms. The van der Waals surface area contributed by atoms with Gasteiger partial charge in [-0.15, -0.1) is 0 Å². The van der Waals surface area contributed by atoms with Gasteiger partial charge in [-0.3, -0.25) is 0 Å². The number of anilines is 2. The second kappa shape index (κ2) is 5.36. The number of nitrogens with two attached hydrogens (primary N) is 1. The molecule has 2 rings (SSSR count). The lowest BCUT2D eigenvalue weighted by Gasteiger charge is -2.33. The summed E-state index contributed by atoms with van der Waals surface area (Å²) in [7, 11) is 1.77. The summed E-state index contributed by atoms with van der Waals surface area (Å²) < 4.78 is 5.24. The molecule has 0 bridgehead atoms. The predicted molar refractivity (Wildman–Crippen MR) is 70.2 cm³/mol. The van der Waals surface area contributed by atoms with E-state index in [4.69, 9.17) is 10.5 Å². The Bertz CT molecular complexity index is 379. The van der Waals surface area contributed by atoms with Gasteiger partial charge in [-0.2, -0.15) is 0 Å². The van der Waals surface area contributed by atoms with Gasteiger partial charge >= 0.3 is 0 Å². The fraction of sp³-hybridized carbons (Fsp3) is 0.615. The van der Waals surface area contributed by atoms with Crippen molar-refractivity contribution in [3.8, 4) is 0 Å².